The van der Waals surface area contributed by atoms with Crippen molar-refractivity contribution in [2.45, 2.75) is 19.9 Å². The highest BCUT2D eigenvalue weighted by atomic mass is 32.1. The van der Waals surface area contributed by atoms with Gasteiger partial charge in [-0.1, -0.05) is 11.3 Å². The molecule has 2 N–H and O–H groups in total. The lowest BCUT2D eigenvalue weighted by Crippen LogP contribution is -2.35. The third-order valence-corrected chi connectivity index (χ3v) is 5.78. The van der Waals surface area contributed by atoms with Crippen LogP contribution in [0.3, 0.4) is 0 Å². The maximum Gasteiger partial charge on any atom is 0.272 e. The number of aromatic amines is 1. The second kappa shape index (κ2) is 6.89. The largest absolute Gasteiger partial charge is 0.454 e. The molecule has 0 saturated carbocycles. The van der Waals surface area contributed by atoms with Crippen LogP contribution in [0.5, 0.6) is 11.5 Å². The van der Waals surface area contributed by atoms with E-state index in [1.807, 2.05) is 18.2 Å². The van der Waals surface area contributed by atoms with Crippen LogP contribution in [0.25, 0.3) is 11.3 Å². The first-order chi connectivity index (χ1) is 14.1. The topological polar surface area (TPSA) is 109 Å². The standard InChI is InChI=1S/C19H17N5O4S/c1-10(25)20-19-21-12-4-5-24(8-17(12)29-19)18(26)14-7-13(22-23-14)11-2-3-15-16(6-11)28-9-27-15/h2-3,6-7H,4-5,8-9H2,1H3,(H,22,23)(H,20,21,25). The lowest BCUT2D eigenvalue weighted by Gasteiger charge is -2.25. The second-order valence-electron chi connectivity index (χ2n) is 6.78. The average molecular weight is 411 g/mol. The Morgan fingerprint density at radius 1 is 1.24 bits per heavy atom. The summed E-state index contributed by atoms with van der Waals surface area (Å²) < 4.78 is 10.7. The molecule has 0 fully saturated rings. The molecule has 1 aromatic carbocycles. The van der Waals surface area contributed by atoms with Crippen molar-refractivity contribution in [1.82, 2.24) is 20.1 Å². The molecule has 0 radical (unpaired) electrons. The summed E-state index contributed by atoms with van der Waals surface area (Å²) in [5, 5.41) is 10.4. The number of benzene rings is 1. The number of rotatable bonds is 3. The molecule has 5 rings (SSSR count). The predicted molar refractivity (Wildman–Crippen MR) is 105 cm³/mol. The first kappa shape index (κ1) is 17.7. The molecular weight excluding hydrogens is 394 g/mol. The van der Waals surface area contributed by atoms with Gasteiger partial charge in [0.25, 0.3) is 5.91 Å². The van der Waals surface area contributed by atoms with Crippen molar-refractivity contribution < 1.29 is 19.1 Å². The molecule has 0 atom stereocenters. The van der Waals surface area contributed by atoms with Gasteiger partial charge in [-0.25, -0.2) is 4.98 Å². The number of carbonyl (C=O) groups is 2. The van der Waals surface area contributed by atoms with Gasteiger partial charge in [0, 0.05) is 30.3 Å². The average Bonchev–Trinajstić information content (AvgIpc) is 3.44. The number of aromatic nitrogens is 3. The van der Waals surface area contributed by atoms with Crippen LogP contribution in [0.4, 0.5) is 5.13 Å². The molecule has 2 aliphatic rings. The number of anilines is 1. The minimum absolute atomic E-state index is 0.121. The molecule has 0 spiro atoms. The molecule has 0 bridgehead atoms. The fourth-order valence-corrected chi connectivity index (χ4v) is 4.45. The number of nitrogens with one attached hydrogen (secondary N) is 2. The summed E-state index contributed by atoms with van der Waals surface area (Å²) in [6.45, 7) is 2.69. The van der Waals surface area contributed by atoms with Crippen molar-refractivity contribution in [2.75, 3.05) is 18.7 Å². The van der Waals surface area contributed by atoms with E-state index in [4.69, 9.17) is 9.47 Å². The number of thiazole rings is 1. The normalized spacial score (nSPS) is 14.6. The van der Waals surface area contributed by atoms with Crippen LogP contribution in [-0.2, 0) is 17.8 Å². The highest BCUT2D eigenvalue weighted by Gasteiger charge is 2.26. The van der Waals surface area contributed by atoms with E-state index in [1.165, 1.54) is 18.3 Å². The van der Waals surface area contributed by atoms with E-state index in [9.17, 15) is 9.59 Å². The lowest BCUT2D eigenvalue weighted by molar-refractivity contribution is -0.114. The number of hydrogen-bond acceptors (Lipinski definition) is 7. The summed E-state index contributed by atoms with van der Waals surface area (Å²) in [7, 11) is 0. The van der Waals surface area contributed by atoms with E-state index in [1.54, 1.807) is 11.0 Å². The smallest absolute Gasteiger partial charge is 0.272 e. The third kappa shape index (κ3) is 3.31. The molecule has 3 aromatic rings. The maximum absolute atomic E-state index is 13.0. The quantitative estimate of drug-likeness (QED) is 0.685. The summed E-state index contributed by atoms with van der Waals surface area (Å²) >= 11 is 1.40. The fraction of sp³-hybridized carbons (Fsp3) is 0.263. The first-order valence-corrected chi connectivity index (χ1v) is 9.89. The SMILES string of the molecule is CC(=O)Nc1nc2c(s1)CN(C(=O)c1cc(-c3ccc4c(c3)OCO4)n[nH]1)CC2. The Morgan fingerprint density at radius 2 is 2.10 bits per heavy atom. The van der Waals surface area contributed by atoms with Crippen LogP contribution < -0.4 is 14.8 Å². The third-order valence-electron chi connectivity index (χ3n) is 4.78. The van der Waals surface area contributed by atoms with Crippen LogP contribution in [0, 0.1) is 0 Å². The number of ether oxygens (including phenoxy) is 2. The van der Waals surface area contributed by atoms with E-state index >= 15 is 0 Å². The summed E-state index contributed by atoms with van der Waals surface area (Å²) in [6.07, 6.45) is 0.653. The van der Waals surface area contributed by atoms with Crippen LogP contribution >= 0.6 is 11.3 Å². The Bertz CT molecular complexity index is 1120. The zero-order valence-electron chi connectivity index (χ0n) is 15.5. The first-order valence-electron chi connectivity index (χ1n) is 9.08. The Morgan fingerprint density at radius 3 is 2.97 bits per heavy atom. The Balaban J connectivity index is 1.33. The molecule has 0 unspecified atom stereocenters. The van der Waals surface area contributed by atoms with E-state index in [-0.39, 0.29) is 18.6 Å². The van der Waals surface area contributed by atoms with Gasteiger partial charge in [-0.2, -0.15) is 5.10 Å². The minimum Gasteiger partial charge on any atom is -0.454 e. The number of H-pyrrole nitrogens is 1. The molecule has 2 aromatic heterocycles. The zero-order chi connectivity index (χ0) is 20.0. The molecular formula is C19H17N5O4S. The monoisotopic (exact) mass is 411 g/mol. The van der Waals surface area contributed by atoms with Gasteiger partial charge in [0.2, 0.25) is 12.7 Å². The van der Waals surface area contributed by atoms with Crippen LogP contribution in [-0.4, -0.2) is 45.2 Å². The van der Waals surface area contributed by atoms with Crippen molar-refractivity contribution >= 4 is 28.3 Å². The summed E-state index contributed by atoms with van der Waals surface area (Å²) in [5.41, 5.74) is 2.86. The van der Waals surface area contributed by atoms with Crippen molar-refractivity contribution in [3.63, 3.8) is 0 Å². The van der Waals surface area contributed by atoms with Crippen molar-refractivity contribution in [1.29, 1.82) is 0 Å². The molecule has 2 aliphatic heterocycles. The van der Waals surface area contributed by atoms with Gasteiger partial charge in [-0.15, -0.1) is 0 Å². The number of nitrogens with zero attached hydrogens (tertiary/aromatic N) is 3. The summed E-state index contributed by atoms with van der Waals surface area (Å²) in [5.74, 6) is 1.09. The highest BCUT2D eigenvalue weighted by Crippen LogP contribution is 2.35. The second-order valence-corrected chi connectivity index (χ2v) is 7.87. The number of amides is 2. The van der Waals surface area contributed by atoms with E-state index < -0.39 is 0 Å². The minimum atomic E-state index is -0.155. The molecule has 0 aliphatic carbocycles. The number of carbonyl (C=O) groups excluding carboxylic acids is 2. The van der Waals surface area contributed by atoms with Gasteiger partial charge in [0.05, 0.1) is 17.9 Å². The van der Waals surface area contributed by atoms with Gasteiger partial charge in [0.1, 0.15) is 5.69 Å². The Labute approximate surface area is 169 Å². The summed E-state index contributed by atoms with van der Waals surface area (Å²) in [6, 6.07) is 7.30. The van der Waals surface area contributed by atoms with Crippen LogP contribution in [0.2, 0.25) is 0 Å². The van der Waals surface area contributed by atoms with E-state index in [0.717, 1.165) is 16.1 Å². The molecule has 9 nitrogen and oxygen atoms in total. The van der Waals surface area contributed by atoms with Gasteiger partial charge < -0.3 is 19.7 Å². The Kier molecular flexibility index (Phi) is 4.20. The number of hydrogen-bond donors (Lipinski definition) is 2. The highest BCUT2D eigenvalue weighted by molar-refractivity contribution is 7.15. The molecule has 148 valence electrons. The Hall–Kier alpha value is -3.40. The number of fused-ring (bicyclic) bond motifs is 2. The molecule has 10 heteroatoms. The van der Waals surface area contributed by atoms with Crippen molar-refractivity contribution in [2.24, 2.45) is 0 Å². The lowest BCUT2D eigenvalue weighted by atomic mass is 10.1. The fourth-order valence-electron chi connectivity index (χ4n) is 3.38. The zero-order valence-corrected chi connectivity index (χ0v) is 16.3. The van der Waals surface area contributed by atoms with Gasteiger partial charge >= 0.3 is 0 Å². The summed E-state index contributed by atoms with van der Waals surface area (Å²) in [4.78, 5) is 31.4. The van der Waals surface area contributed by atoms with Crippen LogP contribution in [0.1, 0.15) is 28.0 Å². The van der Waals surface area contributed by atoms with Gasteiger partial charge in [0.15, 0.2) is 16.6 Å². The molecule has 2 amide bonds. The van der Waals surface area contributed by atoms with E-state index in [2.05, 4.69) is 20.5 Å². The maximum atomic E-state index is 13.0. The van der Waals surface area contributed by atoms with Gasteiger partial charge in [-0.05, 0) is 24.3 Å². The van der Waals surface area contributed by atoms with Crippen molar-refractivity contribution in [3.8, 4) is 22.8 Å². The van der Waals surface area contributed by atoms with Crippen molar-refractivity contribution in [3.05, 3.63) is 40.5 Å². The van der Waals surface area contributed by atoms with E-state index in [0.29, 0.717) is 47.5 Å². The molecule has 4 heterocycles. The van der Waals surface area contributed by atoms with Crippen LogP contribution in [0.15, 0.2) is 24.3 Å². The van der Waals surface area contributed by atoms with Gasteiger partial charge in [-0.3, -0.25) is 14.7 Å². The predicted octanol–water partition coefficient (Wildman–Crippen LogP) is 2.42. The molecule has 0 saturated heterocycles. The molecule has 29 heavy (non-hydrogen) atoms.